The lowest BCUT2D eigenvalue weighted by Crippen LogP contribution is -2.30. The summed E-state index contributed by atoms with van der Waals surface area (Å²) in [4.78, 5) is 32.5. The van der Waals surface area contributed by atoms with Crippen molar-refractivity contribution >= 4 is 22.7 Å². The first-order chi connectivity index (χ1) is 12.3. The van der Waals surface area contributed by atoms with Gasteiger partial charge >= 0.3 is 0 Å². The van der Waals surface area contributed by atoms with Gasteiger partial charge in [-0.25, -0.2) is 0 Å². The van der Waals surface area contributed by atoms with E-state index in [1.165, 1.54) is 0 Å². The molecule has 6 heteroatoms. The number of aromatic nitrogens is 2. The molecular formula is C19H18N4O2. The fourth-order valence-electron chi connectivity index (χ4n) is 2.47. The summed E-state index contributed by atoms with van der Waals surface area (Å²) in [5.74, 6) is -0.284. The van der Waals surface area contributed by atoms with Crippen LogP contribution in [0.2, 0.25) is 0 Å². The molecule has 3 aromatic rings. The molecule has 25 heavy (non-hydrogen) atoms. The van der Waals surface area contributed by atoms with Gasteiger partial charge in [0.05, 0.1) is 11.1 Å². The zero-order valence-corrected chi connectivity index (χ0v) is 13.6. The first-order valence-corrected chi connectivity index (χ1v) is 8.06. The predicted octanol–water partition coefficient (Wildman–Crippen LogP) is 2.18. The number of amides is 2. The largest absolute Gasteiger partial charge is 0.352 e. The third kappa shape index (κ3) is 4.17. The van der Waals surface area contributed by atoms with Gasteiger partial charge in [0, 0.05) is 42.6 Å². The lowest BCUT2D eigenvalue weighted by Gasteiger charge is -2.08. The van der Waals surface area contributed by atoms with Crippen molar-refractivity contribution in [2.24, 2.45) is 0 Å². The fourth-order valence-corrected chi connectivity index (χ4v) is 2.47. The molecule has 2 amide bonds. The van der Waals surface area contributed by atoms with E-state index in [4.69, 9.17) is 0 Å². The van der Waals surface area contributed by atoms with Gasteiger partial charge in [-0.2, -0.15) is 0 Å². The molecule has 3 rings (SSSR count). The zero-order chi connectivity index (χ0) is 17.5. The van der Waals surface area contributed by atoms with Crippen LogP contribution in [0.4, 0.5) is 0 Å². The Morgan fingerprint density at radius 2 is 1.64 bits per heavy atom. The number of hydrogen-bond donors (Lipinski definition) is 2. The summed E-state index contributed by atoms with van der Waals surface area (Å²) in [6, 6.07) is 12.5. The van der Waals surface area contributed by atoms with Gasteiger partial charge in [-0.15, -0.1) is 0 Å². The van der Waals surface area contributed by atoms with Crippen LogP contribution in [-0.2, 0) is 0 Å². The molecule has 0 fully saturated rings. The molecular weight excluding hydrogens is 316 g/mol. The van der Waals surface area contributed by atoms with Gasteiger partial charge in [-0.05, 0) is 30.7 Å². The van der Waals surface area contributed by atoms with Crippen LogP contribution in [0.25, 0.3) is 10.9 Å². The third-order valence-corrected chi connectivity index (χ3v) is 3.75. The molecule has 126 valence electrons. The van der Waals surface area contributed by atoms with Crippen LogP contribution in [0.3, 0.4) is 0 Å². The predicted molar refractivity (Wildman–Crippen MR) is 95.3 cm³/mol. The molecule has 2 aromatic heterocycles. The maximum atomic E-state index is 12.3. The topological polar surface area (TPSA) is 84.0 Å². The highest BCUT2D eigenvalue weighted by molar-refractivity contribution is 6.05. The Bertz CT molecular complexity index is 875. The van der Waals surface area contributed by atoms with E-state index in [-0.39, 0.29) is 11.8 Å². The molecule has 0 unspecified atom stereocenters. The monoisotopic (exact) mass is 334 g/mol. The second-order valence-electron chi connectivity index (χ2n) is 5.48. The number of fused-ring (bicyclic) bond motifs is 1. The second kappa shape index (κ2) is 8.01. The Morgan fingerprint density at radius 1 is 0.880 bits per heavy atom. The Balaban J connectivity index is 1.47. The SMILES string of the molecule is O=C(NCCCNC(=O)c1ccnc2ccncc12)c1ccccc1. The summed E-state index contributed by atoms with van der Waals surface area (Å²) in [5, 5.41) is 6.41. The highest BCUT2D eigenvalue weighted by atomic mass is 16.2. The number of nitrogens with one attached hydrogen (secondary N) is 2. The summed E-state index contributed by atoms with van der Waals surface area (Å²) in [5.41, 5.74) is 1.91. The highest BCUT2D eigenvalue weighted by Crippen LogP contribution is 2.14. The van der Waals surface area contributed by atoms with Crippen LogP contribution in [0.15, 0.2) is 61.1 Å². The van der Waals surface area contributed by atoms with Crippen molar-refractivity contribution in [3.63, 3.8) is 0 Å². The quantitative estimate of drug-likeness (QED) is 0.677. The minimum absolute atomic E-state index is 0.113. The molecule has 0 atom stereocenters. The number of rotatable bonds is 6. The van der Waals surface area contributed by atoms with E-state index in [9.17, 15) is 9.59 Å². The van der Waals surface area contributed by atoms with Gasteiger partial charge in [0.15, 0.2) is 0 Å². The zero-order valence-electron chi connectivity index (χ0n) is 13.6. The first kappa shape index (κ1) is 16.6. The van der Waals surface area contributed by atoms with Crippen LogP contribution >= 0.6 is 0 Å². The standard InChI is InChI=1S/C19H18N4O2/c24-18(14-5-2-1-3-6-14)22-9-4-10-23-19(25)15-7-12-21-17-8-11-20-13-16(15)17/h1-3,5-8,11-13H,4,9-10H2,(H,22,24)(H,23,25). The minimum Gasteiger partial charge on any atom is -0.352 e. The maximum absolute atomic E-state index is 12.3. The van der Waals surface area contributed by atoms with E-state index in [1.54, 1.807) is 42.9 Å². The highest BCUT2D eigenvalue weighted by Gasteiger charge is 2.10. The summed E-state index contributed by atoms with van der Waals surface area (Å²) < 4.78 is 0. The van der Waals surface area contributed by atoms with Crippen molar-refractivity contribution in [1.29, 1.82) is 0 Å². The molecule has 0 aliphatic carbocycles. The normalized spacial score (nSPS) is 10.4. The Labute approximate surface area is 145 Å². The van der Waals surface area contributed by atoms with Crippen LogP contribution < -0.4 is 10.6 Å². The average molecular weight is 334 g/mol. The van der Waals surface area contributed by atoms with Crippen molar-refractivity contribution in [3.8, 4) is 0 Å². The molecule has 0 spiro atoms. The Hall–Kier alpha value is -3.28. The maximum Gasteiger partial charge on any atom is 0.252 e. The lowest BCUT2D eigenvalue weighted by atomic mass is 10.1. The van der Waals surface area contributed by atoms with Gasteiger partial charge < -0.3 is 10.6 Å². The molecule has 0 saturated carbocycles. The number of nitrogens with zero attached hydrogens (tertiary/aromatic N) is 2. The molecule has 0 aliphatic heterocycles. The number of benzene rings is 1. The second-order valence-corrected chi connectivity index (χ2v) is 5.48. The lowest BCUT2D eigenvalue weighted by molar-refractivity contribution is 0.0952. The molecule has 0 radical (unpaired) electrons. The van der Waals surface area contributed by atoms with Gasteiger partial charge in [0.2, 0.25) is 0 Å². The molecule has 1 aromatic carbocycles. The minimum atomic E-state index is -0.171. The number of carbonyl (C=O) groups is 2. The van der Waals surface area contributed by atoms with Crippen molar-refractivity contribution in [3.05, 3.63) is 72.2 Å². The average Bonchev–Trinajstić information content (AvgIpc) is 2.67. The summed E-state index contributed by atoms with van der Waals surface area (Å²) in [6.45, 7) is 0.963. The summed E-state index contributed by atoms with van der Waals surface area (Å²) in [6.07, 6.45) is 5.53. The van der Waals surface area contributed by atoms with E-state index >= 15 is 0 Å². The van der Waals surface area contributed by atoms with Crippen molar-refractivity contribution < 1.29 is 9.59 Å². The van der Waals surface area contributed by atoms with Gasteiger partial charge in [-0.3, -0.25) is 19.6 Å². The molecule has 2 heterocycles. The van der Waals surface area contributed by atoms with E-state index < -0.39 is 0 Å². The van der Waals surface area contributed by atoms with Crippen LogP contribution in [0.1, 0.15) is 27.1 Å². The van der Waals surface area contributed by atoms with Crippen molar-refractivity contribution in [1.82, 2.24) is 20.6 Å². The van der Waals surface area contributed by atoms with Crippen molar-refractivity contribution in [2.75, 3.05) is 13.1 Å². The molecule has 0 saturated heterocycles. The first-order valence-electron chi connectivity index (χ1n) is 8.06. The van der Waals surface area contributed by atoms with Crippen molar-refractivity contribution in [2.45, 2.75) is 6.42 Å². The smallest absolute Gasteiger partial charge is 0.252 e. The van der Waals surface area contributed by atoms with Gasteiger partial charge in [0.25, 0.3) is 11.8 Å². The van der Waals surface area contributed by atoms with E-state index in [2.05, 4.69) is 20.6 Å². The fraction of sp³-hybridized carbons (Fsp3) is 0.158. The van der Waals surface area contributed by atoms with Crippen LogP contribution in [0.5, 0.6) is 0 Å². The number of hydrogen-bond acceptors (Lipinski definition) is 4. The summed E-state index contributed by atoms with van der Waals surface area (Å²) >= 11 is 0. The number of carbonyl (C=O) groups excluding carboxylic acids is 2. The molecule has 6 nitrogen and oxygen atoms in total. The van der Waals surface area contributed by atoms with Crippen LogP contribution in [0, 0.1) is 0 Å². The van der Waals surface area contributed by atoms with E-state index in [1.807, 2.05) is 18.2 Å². The Morgan fingerprint density at radius 3 is 2.44 bits per heavy atom. The molecule has 0 aliphatic rings. The van der Waals surface area contributed by atoms with Gasteiger partial charge in [0.1, 0.15) is 0 Å². The number of pyridine rings is 2. The summed E-state index contributed by atoms with van der Waals surface area (Å²) in [7, 11) is 0. The molecule has 0 bridgehead atoms. The van der Waals surface area contributed by atoms with Crippen LogP contribution in [-0.4, -0.2) is 34.9 Å². The Kier molecular flexibility index (Phi) is 5.31. The third-order valence-electron chi connectivity index (χ3n) is 3.75. The van der Waals surface area contributed by atoms with Gasteiger partial charge in [-0.1, -0.05) is 18.2 Å². The molecule has 2 N–H and O–H groups in total. The van der Waals surface area contributed by atoms with E-state index in [0.29, 0.717) is 30.6 Å². The van der Waals surface area contributed by atoms with E-state index in [0.717, 1.165) is 10.9 Å².